The number of aliphatic imine (C=N–C) groups is 1. The lowest BCUT2D eigenvalue weighted by atomic mass is 9.87. The van der Waals surface area contributed by atoms with Gasteiger partial charge in [-0.2, -0.15) is 0 Å². The summed E-state index contributed by atoms with van der Waals surface area (Å²) < 4.78 is 5.32. The molecule has 0 fully saturated rings. The van der Waals surface area contributed by atoms with E-state index in [0.717, 1.165) is 43.9 Å². The summed E-state index contributed by atoms with van der Waals surface area (Å²) in [5.74, 6) is 1.30. The number of hydrogen-bond acceptors (Lipinski definition) is 5. The third kappa shape index (κ3) is 2.61. The monoisotopic (exact) mass is 273 g/mol. The minimum atomic E-state index is -0.268. The van der Waals surface area contributed by atoms with E-state index < -0.39 is 0 Å². The number of nitrogens with zero attached hydrogens (tertiary/aromatic N) is 1. The van der Waals surface area contributed by atoms with Crippen LogP contribution in [0.15, 0.2) is 23.2 Å². The van der Waals surface area contributed by atoms with Crippen molar-refractivity contribution < 1.29 is 9.53 Å². The number of hydrogen-bond donors (Lipinski definition) is 2. The molecule has 1 atom stereocenters. The van der Waals surface area contributed by atoms with Crippen molar-refractivity contribution in [2.45, 2.75) is 32.2 Å². The Hall–Kier alpha value is -2.04. The molecule has 106 valence electrons. The van der Waals surface area contributed by atoms with Gasteiger partial charge in [-0.25, -0.2) is 0 Å². The zero-order valence-corrected chi connectivity index (χ0v) is 11.6. The van der Waals surface area contributed by atoms with Gasteiger partial charge in [0, 0.05) is 19.0 Å². The van der Waals surface area contributed by atoms with Crippen molar-refractivity contribution in [1.29, 1.82) is 0 Å². The first-order valence-electron chi connectivity index (χ1n) is 7.09. The van der Waals surface area contributed by atoms with E-state index in [2.05, 4.69) is 21.7 Å². The number of guanidine groups is 1. The topological polar surface area (TPSA) is 62.7 Å². The highest BCUT2D eigenvalue weighted by Gasteiger charge is 2.24. The van der Waals surface area contributed by atoms with Crippen LogP contribution in [0.1, 0.15) is 36.9 Å². The van der Waals surface area contributed by atoms with E-state index in [-0.39, 0.29) is 12.0 Å². The summed E-state index contributed by atoms with van der Waals surface area (Å²) in [5.41, 5.74) is 2.36. The number of benzene rings is 1. The predicted molar refractivity (Wildman–Crippen MR) is 76.9 cm³/mol. The fraction of sp³-hybridized carbons (Fsp3) is 0.467. The molecule has 0 amide bonds. The summed E-state index contributed by atoms with van der Waals surface area (Å²) in [6, 6.07) is 6.16. The predicted octanol–water partition coefficient (Wildman–Crippen LogP) is 1.54. The van der Waals surface area contributed by atoms with E-state index >= 15 is 0 Å². The Balaban J connectivity index is 1.86. The largest absolute Gasteiger partial charge is 0.426 e. The maximum atomic E-state index is 11.2. The van der Waals surface area contributed by atoms with Gasteiger partial charge in [0.05, 0.1) is 12.6 Å². The van der Waals surface area contributed by atoms with Crippen LogP contribution in [0, 0.1) is 0 Å². The van der Waals surface area contributed by atoms with Crippen LogP contribution < -0.4 is 15.4 Å². The molecular formula is C15H19N3O2. The Kier molecular flexibility index (Phi) is 3.58. The molecule has 1 unspecified atom stereocenters. The molecule has 0 bridgehead atoms. The van der Waals surface area contributed by atoms with Crippen molar-refractivity contribution in [3.63, 3.8) is 0 Å². The van der Waals surface area contributed by atoms with E-state index in [1.807, 2.05) is 12.1 Å². The van der Waals surface area contributed by atoms with Crippen LogP contribution >= 0.6 is 0 Å². The first-order chi connectivity index (χ1) is 9.74. The lowest BCUT2D eigenvalue weighted by molar-refractivity contribution is -0.131. The van der Waals surface area contributed by atoms with Gasteiger partial charge in [0.25, 0.3) is 0 Å². The van der Waals surface area contributed by atoms with Crippen molar-refractivity contribution in [3.05, 3.63) is 29.3 Å². The van der Waals surface area contributed by atoms with E-state index in [4.69, 9.17) is 4.74 Å². The Morgan fingerprint density at radius 3 is 3.15 bits per heavy atom. The van der Waals surface area contributed by atoms with Gasteiger partial charge >= 0.3 is 5.97 Å². The van der Waals surface area contributed by atoms with Gasteiger partial charge in [-0.15, -0.1) is 0 Å². The third-order valence-electron chi connectivity index (χ3n) is 3.70. The Morgan fingerprint density at radius 1 is 1.50 bits per heavy atom. The van der Waals surface area contributed by atoms with Gasteiger partial charge < -0.3 is 15.4 Å². The molecule has 5 heteroatoms. The van der Waals surface area contributed by atoms with Gasteiger partial charge in [0.2, 0.25) is 0 Å². The highest BCUT2D eigenvalue weighted by molar-refractivity contribution is 5.81. The zero-order chi connectivity index (χ0) is 13.9. The number of fused-ring (bicyclic) bond motifs is 1. The summed E-state index contributed by atoms with van der Waals surface area (Å²) in [5, 5.41) is 6.69. The normalized spacial score (nSPS) is 20.6. The minimum Gasteiger partial charge on any atom is -0.426 e. The molecule has 5 nitrogen and oxygen atoms in total. The molecular weight excluding hydrogens is 254 g/mol. The van der Waals surface area contributed by atoms with Crippen molar-refractivity contribution in [2.24, 2.45) is 4.99 Å². The molecule has 1 aliphatic heterocycles. The number of carbonyl (C=O) groups is 1. The number of esters is 1. The van der Waals surface area contributed by atoms with Crippen molar-refractivity contribution in [2.75, 3.05) is 13.1 Å². The molecule has 2 N–H and O–H groups in total. The van der Waals surface area contributed by atoms with Crippen LogP contribution in [0.5, 0.6) is 5.75 Å². The van der Waals surface area contributed by atoms with Gasteiger partial charge in [0.15, 0.2) is 5.96 Å². The Morgan fingerprint density at radius 2 is 2.40 bits per heavy atom. The first-order valence-corrected chi connectivity index (χ1v) is 7.09. The van der Waals surface area contributed by atoms with Crippen molar-refractivity contribution in [1.82, 2.24) is 10.6 Å². The third-order valence-corrected chi connectivity index (χ3v) is 3.70. The molecule has 1 aromatic carbocycles. The van der Waals surface area contributed by atoms with Gasteiger partial charge in [-0.1, -0.05) is 12.1 Å². The van der Waals surface area contributed by atoms with Crippen LogP contribution in [-0.4, -0.2) is 25.0 Å². The fourth-order valence-electron chi connectivity index (χ4n) is 2.88. The second-order valence-corrected chi connectivity index (χ2v) is 5.16. The summed E-state index contributed by atoms with van der Waals surface area (Å²) >= 11 is 0. The fourth-order valence-corrected chi connectivity index (χ4v) is 2.88. The summed E-state index contributed by atoms with van der Waals surface area (Å²) in [7, 11) is 0. The molecule has 2 aliphatic rings. The first kappa shape index (κ1) is 13.0. The summed E-state index contributed by atoms with van der Waals surface area (Å²) in [6.07, 6.45) is 3.10. The van der Waals surface area contributed by atoms with E-state index in [9.17, 15) is 4.79 Å². The van der Waals surface area contributed by atoms with Crippen LogP contribution in [0.3, 0.4) is 0 Å². The molecule has 1 aromatic rings. The molecule has 1 aliphatic carbocycles. The second kappa shape index (κ2) is 5.53. The highest BCUT2D eigenvalue weighted by atomic mass is 16.5. The highest BCUT2D eigenvalue weighted by Crippen LogP contribution is 2.35. The van der Waals surface area contributed by atoms with E-state index in [1.54, 1.807) is 0 Å². The van der Waals surface area contributed by atoms with Crippen LogP contribution in [-0.2, 0) is 11.2 Å². The average molecular weight is 273 g/mol. The average Bonchev–Trinajstić information content (AvgIpc) is 2.92. The molecule has 20 heavy (non-hydrogen) atoms. The lowest BCUT2D eigenvalue weighted by Crippen LogP contribution is -2.37. The summed E-state index contributed by atoms with van der Waals surface area (Å²) in [4.78, 5) is 15.6. The second-order valence-electron chi connectivity index (χ2n) is 5.16. The van der Waals surface area contributed by atoms with Gasteiger partial charge in [0.1, 0.15) is 5.75 Å². The minimum absolute atomic E-state index is 0.235. The van der Waals surface area contributed by atoms with Gasteiger partial charge in [-0.3, -0.25) is 9.79 Å². The molecule has 0 saturated heterocycles. The molecule has 0 radical (unpaired) electrons. The van der Waals surface area contributed by atoms with E-state index in [0.29, 0.717) is 5.75 Å². The number of rotatable bonds is 2. The van der Waals surface area contributed by atoms with Crippen molar-refractivity contribution >= 4 is 11.9 Å². The Labute approximate surface area is 118 Å². The van der Waals surface area contributed by atoms with E-state index in [1.165, 1.54) is 12.5 Å². The molecule has 0 saturated carbocycles. The van der Waals surface area contributed by atoms with Gasteiger partial charge in [-0.05, 0) is 30.9 Å². The number of carbonyl (C=O) groups excluding carboxylic acids is 1. The maximum Gasteiger partial charge on any atom is 0.308 e. The quantitative estimate of drug-likeness (QED) is 0.634. The number of nitrogens with one attached hydrogen (secondary N) is 2. The SMILES string of the molecule is CC(=O)Oc1cccc2c1CCCC2NC1=NCCN1. The molecule has 0 spiro atoms. The molecule has 1 heterocycles. The molecule has 0 aromatic heterocycles. The summed E-state index contributed by atoms with van der Waals surface area (Å²) in [6.45, 7) is 3.17. The van der Waals surface area contributed by atoms with Crippen molar-refractivity contribution in [3.8, 4) is 5.75 Å². The van der Waals surface area contributed by atoms with Crippen LogP contribution in [0.2, 0.25) is 0 Å². The van der Waals surface area contributed by atoms with Crippen LogP contribution in [0.25, 0.3) is 0 Å². The maximum absolute atomic E-state index is 11.2. The molecule has 3 rings (SSSR count). The Bertz CT molecular complexity index is 554. The lowest BCUT2D eigenvalue weighted by Gasteiger charge is -2.28. The smallest absolute Gasteiger partial charge is 0.308 e. The zero-order valence-electron chi connectivity index (χ0n) is 11.6. The van der Waals surface area contributed by atoms with Crippen LogP contribution in [0.4, 0.5) is 0 Å². The standard InChI is InChI=1S/C15H19N3O2/c1-10(19)20-14-7-3-4-11-12(14)5-2-6-13(11)18-15-16-8-9-17-15/h3-4,7,13H,2,5-6,8-9H2,1H3,(H2,16,17,18). The number of ether oxygens (including phenoxy) is 1.